The highest BCUT2D eigenvalue weighted by Crippen LogP contribution is 2.32. The number of piperazine rings is 1. The molecule has 0 saturated carbocycles. The fourth-order valence-corrected chi connectivity index (χ4v) is 3.27. The first kappa shape index (κ1) is 19.9. The van der Waals surface area contributed by atoms with Crippen LogP contribution in [0, 0.1) is 10.1 Å². The first-order chi connectivity index (χ1) is 13.2. The molecule has 0 radical (unpaired) electrons. The zero-order valence-electron chi connectivity index (χ0n) is 14.4. The molecule has 1 heterocycles. The average Bonchev–Trinajstić information content (AvgIpc) is 2.66. The summed E-state index contributed by atoms with van der Waals surface area (Å²) in [6.45, 7) is 1.36. The predicted molar refractivity (Wildman–Crippen MR) is 97.7 cm³/mol. The lowest BCUT2D eigenvalue weighted by molar-refractivity contribution is -0.384. The van der Waals surface area contributed by atoms with Crippen LogP contribution in [0.25, 0.3) is 0 Å². The standard InChI is InChI=1S/C18H15ClF3N3O3/c19-15-10-12(4-5-16(15)25(27)28)17(26)24-8-6-23(7-9-24)14-3-1-2-13(11-14)18(20,21)22/h1-5,10-11H,6-9H2. The Hall–Kier alpha value is -2.81. The van der Waals surface area contributed by atoms with Crippen molar-refractivity contribution in [2.45, 2.75) is 6.18 Å². The molecule has 148 valence electrons. The van der Waals surface area contributed by atoms with Crippen molar-refractivity contribution in [3.05, 3.63) is 68.7 Å². The fourth-order valence-electron chi connectivity index (χ4n) is 3.02. The number of rotatable bonds is 3. The fraction of sp³-hybridized carbons (Fsp3) is 0.278. The number of alkyl halides is 3. The van der Waals surface area contributed by atoms with Gasteiger partial charge in [0.25, 0.3) is 11.6 Å². The minimum Gasteiger partial charge on any atom is -0.368 e. The van der Waals surface area contributed by atoms with Gasteiger partial charge in [0, 0.05) is 43.5 Å². The van der Waals surface area contributed by atoms with E-state index in [-0.39, 0.29) is 22.2 Å². The minimum atomic E-state index is -4.41. The molecule has 1 fully saturated rings. The third kappa shape index (κ3) is 4.19. The number of anilines is 1. The van der Waals surface area contributed by atoms with Crippen LogP contribution in [0.15, 0.2) is 42.5 Å². The van der Waals surface area contributed by atoms with E-state index in [4.69, 9.17) is 11.6 Å². The van der Waals surface area contributed by atoms with E-state index in [2.05, 4.69) is 0 Å². The van der Waals surface area contributed by atoms with Gasteiger partial charge in [0.05, 0.1) is 10.5 Å². The van der Waals surface area contributed by atoms with Gasteiger partial charge in [-0.15, -0.1) is 0 Å². The summed E-state index contributed by atoms with van der Waals surface area (Å²) >= 11 is 5.85. The van der Waals surface area contributed by atoms with E-state index in [0.29, 0.717) is 31.9 Å². The summed E-state index contributed by atoms with van der Waals surface area (Å²) < 4.78 is 38.6. The number of carbonyl (C=O) groups is 1. The van der Waals surface area contributed by atoms with Gasteiger partial charge in [-0.1, -0.05) is 17.7 Å². The van der Waals surface area contributed by atoms with Gasteiger partial charge in [0.1, 0.15) is 5.02 Å². The van der Waals surface area contributed by atoms with Gasteiger partial charge in [-0.05, 0) is 30.3 Å². The summed E-state index contributed by atoms with van der Waals surface area (Å²) in [5.74, 6) is -0.333. The molecule has 1 aliphatic heterocycles. The second-order valence-electron chi connectivity index (χ2n) is 6.25. The van der Waals surface area contributed by atoms with E-state index in [1.165, 1.54) is 24.3 Å². The lowest BCUT2D eigenvalue weighted by Gasteiger charge is -2.36. The van der Waals surface area contributed by atoms with Crippen LogP contribution in [0.5, 0.6) is 0 Å². The Labute approximate surface area is 163 Å². The Morgan fingerprint density at radius 2 is 1.75 bits per heavy atom. The number of hydrogen-bond acceptors (Lipinski definition) is 4. The molecule has 1 aliphatic rings. The largest absolute Gasteiger partial charge is 0.416 e. The number of hydrogen-bond donors (Lipinski definition) is 0. The van der Waals surface area contributed by atoms with Gasteiger partial charge in [-0.3, -0.25) is 14.9 Å². The molecule has 0 bridgehead atoms. The average molecular weight is 414 g/mol. The molecule has 3 rings (SSSR count). The van der Waals surface area contributed by atoms with Crippen molar-refractivity contribution in [2.75, 3.05) is 31.1 Å². The number of nitro benzene ring substituents is 1. The minimum absolute atomic E-state index is 0.126. The Morgan fingerprint density at radius 3 is 2.32 bits per heavy atom. The maximum absolute atomic E-state index is 12.9. The van der Waals surface area contributed by atoms with E-state index in [9.17, 15) is 28.1 Å². The van der Waals surface area contributed by atoms with Crippen LogP contribution in [0.4, 0.5) is 24.5 Å². The predicted octanol–water partition coefficient (Wildman–Crippen LogP) is 4.23. The second-order valence-corrected chi connectivity index (χ2v) is 6.66. The monoisotopic (exact) mass is 413 g/mol. The van der Waals surface area contributed by atoms with Crippen molar-refractivity contribution in [3.63, 3.8) is 0 Å². The van der Waals surface area contributed by atoms with E-state index < -0.39 is 16.7 Å². The van der Waals surface area contributed by atoms with E-state index in [1.54, 1.807) is 15.9 Å². The van der Waals surface area contributed by atoms with E-state index in [0.717, 1.165) is 12.1 Å². The Balaban J connectivity index is 1.68. The number of carbonyl (C=O) groups excluding carboxylic acids is 1. The summed E-state index contributed by atoms with van der Waals surface area (Å²) in [6.07, 6.45) is -4.41. The second kappa shape index (κ2) is 7.67. The van der Waals surface area contributed by atoms with Crippen LogP contribution in [-0.4, -0.2) is 41.9 Å². The molecule has 28 heavy (non-hydrogen) atoms. The number of nitrogens with zero attached hydrogens (tertiary/aromatic N) is 3. The lowest BCUT2D eigenvalue weighted by Crippen LogP contribution is -2.48. The summed E-state index contributed by atoms with van der Waals surface area (Å²) in [4.78, 5) is 26.1. The number of benzene rings is 2. The van der Waals surface area contributed by atoms with Crippen LogP contribution >= 0.6 is 11.6 Å². The molecule has 10 heteroatoms. The van der Waals surface area contributed by atoms with Gasteiger partial charge in [0.2, 0.25) is 0 Å². The highest BCUT2D eigenvalue weighted by atomic mass is 35.5. The summed E-state index contributed by atoms with van der Waals surface area (Å²) in [5.41, 5.74) is -0.333. The molecule has 0 N–H and O–H groups in total. The molecule has 2 aromatic carbocycles. The van der Waals surface area contributed by atoms with Gasteiger partial charge in [0.15, 0.2) is 0 Å². The molecule has 0 aliphatic carbocycles. The van der Waals surface area contributed by atoms with Crippen LogP contribution in [0.2, 0.25) is 5.02 Å². The Morgan fingerprint density at radius 1 is 1.07 bits per heavy atom. The lowest BCUT2D eigenvalue weighted by atomic mass is 10.1. The smallest absolute Gasteiger partial charge is 0.368 e. The highest BCUT2D eigenvalue weighted by Gasteiger charge is 2.31. The summed E-state index contributed by atoms with van der Waals surface area (Å²) in [5, 5.41) is 10.7. The Bertz CT molecular complexity index is 912. The molecule has 0 unspecified atom stereocenters. The topological polar surface area (TPSA) is 66.7 Å². The van der Waals surface area contributed by atoms with Gasteiger partial charge >= 0.3 is 6.18 Å². The SMILES string of the molecule is O=C(c1ccc([N+](=O)[O-])c(Cl)c1)N1CCN(c2cccc(C(F)(F)F)c2)CC1. The molecular weight excluding hydrogens is 399 g/mol. The quantitative estimate of drug-likeness (QED) is 0.558. The van der Waals surface area contributed by atoms with Crippen molar-refractivity contribution in [1.29, 1.82) is 0 Å². The molecular formula is C18H15ClF3N3O3. The normalized spacial score (nSPS) is 14.9. The van der Waals surface area contributed by atoms with E-state index >= 15 is 0 Å². The summed E-state index contributed by atoms with van der Waals surface area (Å²) in [7, 11) is 0. The van der Waals surface area contributed by atoms with Crippen molar-refractivity contribution in [1.82, 2.24) is 4.90 Å². The molecule has 0 spiro atoms. The van der Waals surface area contributed by atoms with Gasteiger partial charge in [-0.2, -0.15) is 13.2 Å². The molecule has 1 amide bonds. The van der Waals surface area contributed by atoms with Gasteiger partial charge < -0.3 is 9.80 Å². The molecule has 0 aromatic heterocycles. The summed E-state index contributed by atoms with van der Waals surface area (Å²) in [6, 6.07) is 8.83. The van der Waals surface area contributed by atoms with Gasteiger partial charge in [-0.25, -0.2) is 0 Å². The highest BCUT2D eigenvalue weighted by molar-refractivity contribution is 6.33. The maximum atomic E-state index is 12.9. The van der Waals surface area contributed by atoms with Crippen molar-refractivity contribution < 1.29 is 22.9 Å². The van der Waals surface area contributed by atoms with Crippen LogP contribution in [0.3, 0.4) is 0 Å². The number of amides is 1. The third-order valence-electron chi connectivity index (χ3n) is 4.50. The van der Waals surface area contributed by atoms with Crippen molar-refractivity contribution in [2.24, 2.45) is 0 Å². The molecule has 2 aromatic rings. The first-order valence-corrected chi connectivity index (χ1v) is 8.70. The van der Waals surface area contributed by atoms with E-state index in [1.807, 2.05) is 0 Å². The zero-order valence-corrected chi connectivity index (χ0v) is 15.2. The van der Waals surface area contributed by atoms with Crippen LogP contribution < -0.4 is 4.90 Å². The first-order valence-electron chi connectivity index (χ1n) is 8.32. The number of halogens is 4. The number of nitro groups is 1. The molecule has 6 nitrogen and oxygen atoms in total. The zero-order chi connectivity index (χ0) is 20.5. The van der Waals surface area contributed by atoms with Crippen LogP contribution in [0.1, 0.15) is 15.9 Å². The third-order valence-corrected chi connectivity index (χ3v) is 4.80. The van der Waals surface area contributed by atoms with Crippen molar-refractivity contribution in [3.8, 4) is 0 Å². The molecule has 0 atom stereocenters. The van der Waals surface area contributed by atoms with Crippen LogP contribution in [-0.2, 0) is 6.18 Å². The van der Waals surface area contributed by atoms with Crippen molar-refractivity contribution >= 4 is 28.9 Å². The Kier molecular flexibility index (Phi) is 5.46. The molecule has 1 saturated heterocycles. The maximum Gasteiger partial charge on any atom is 0.416 e.